The molecule has 82 valence electrons. The van der Waals surface area contributed by atoms with E-state index in [4.69, 9.17) is 0 Å². The second-order valence-corrected chi connectivity index (χ2v) is 4.52. The van der Waals surface area contributed by atoms with Gasteiger partial charge in [0.2, 0.25) is 0 Å². The Labute approximate surface area is 91.5 Å². The summed E-state index contributed by atoms with van der Waals surface area (Å²) in [5.41, 5.74) is 2.72. The van der Waals surface area contributed by atoms with E-state index in [0.29, 0.717) is 6.04 Å². The zero-order chi connectivity index (χ0) is 10.8. The summed E-state index contributed by atoms with van der Waals surface area (Å²) < 4.78 is 0. The third kappa shape index (κ3) is 2.15. The largest absolute Gasteiger partial charge is 0.392 e. The summed E-state index contributed by atoms with van der Waals surface area (Å²) in [4.78, 5) is 2.32. The number of fused-ring (bicyclic) bond motifs is 1. The Morgan fingerprint density at radius 1 is 1.47 bits per heavy atom. The van der Waals surface area contributed by atoms with Gasteiger partial charge >= 0.3 is 0 Å². The van der Waals surface area contributed by atoms with Gasteiger partial charge in [0.05, 0.1) is 6.10 Å². The van der Waals surface area contributed by atoms with E-state index in [1.54, 1.807) is 0 Å². The number of hydrogen-bond donors (Lipinski definition) is 1. The smallest absolute Gasteiger partial charge is 0.0687 e. The number of hydrogen-bond acceptors (Lipinski definition) is 2. The van der Waals surface area contributed by atoms with Gasteiger partial charge in [-0.05, 0) is 38.3 Å². The van der Waals surface area contributed by atoms with Gasteiger partial charge in [-0.2, -0.15) is 0 Å². The fourth-order valence-corrected chi connectivity index (χ4v) is 2.32. The van der Waals surface area contributed by atoms with E-state index in [2.05, 4.69) is 36.1 Å². The molecule has 1 N–H and O–H groups in total. The van der Waals surface area contributed by atoms with Crippen LogP contribution >= 0.6 is 0 Å². The molecule has 2 unspecified atom stereocenters. The molecule has 2 atom stereocenters. The molecule has 1 aromatic carbocycles. The van der Waals surface area contributed by atoms with Crippen LogP contribution in [0.5, 0.6) is 0 Å². The van der Waals surface area contributed by atoms with Crippen LogP contribution < -0.4 is 4.90 Å². The Morgan fingerprint density at radius 2 is 2.20 bits per heavy atom. The molecule has 0 radical (unpaired) electrons. The van der Waals surface area contributed by atoms with E-state index in [0.717, 1.165) is 13.0 Å². The van der Waals surface area contributed by atoms with E-state index in [1.807, 2.05) is 6.92 Å². The number of anilines is 1. The highest BCUT2D eigenvalue weighted by molar-refractivity contribution is 5.56. The monoisotopic (exact) mass is 205 g/mol. The lowest BCUT2D eigenvalue weighted by atomic mass is 9.96. The predicted octanol–water partition coefficient (Wildman–Crippen LogP) is 2.21. The summed E-state index contributed by atoms with van der Waals surface area (Å²) in [6.45, 7) is 4.82. The van der Waals surface area contributed by atoms with Crippen LogP contribution in [0.2, 0.25) is 0 Å². The van der Waals surface area contributed by atoms with Gasteiger partial charge in [-0.25, -0.2) is 0 Å². The van der Waals surface area contributed by atoms with Gasteiger partial charge in [0.15, 0.2) is 0 Å². The number of para-hydroxylation sites is 1. The molecule has 1 heterocycles. The van der Waals surface area contributed by atoms with E-state index in [1.165, 1.54) is 17.7 Å². The summed E-state index contributed by atoms with van der Waals surface area (Å²) >= 11 is 0. The Kier molecular flexibility index (Phi) is 2.96. The summed E-state index contributed by atoms with van der Waals surface area (Å²) in [5, 5.41) is 9.51. The minimum atomic E-state index is -0.265. The number of aliphatic hydroxyl groups is 1. The molecule has 0 saturated carbocycles. The van der Waals surface area contributed by atoms with Gasteiger partial charge in [0, 0.05) is 18.3 Å². The molecule has 2 heteroatoms. The van der Waals surface area contributed by atoms with Crippen molar-refractivity contribution in [2.24, 2.45) is 0 Å². The van der Waals surface area contributed by atoms with Crippen LogP contribution in [0.25, 0.3) is 0 Å². The molecule has 2 nitrogen and oxygen atoms in total. The van der Waals surface area contributed by atoms with Gasteiger partial charge in [-0.15, -0.1) is 0 Å². The number of nitrogens with zero attached hydrogens (tertiary/aromatic N) is 1. The first-order chi connectivity index (χ1) is 7.18. The first-order valence-corrected chi connectivity index (χ1v) is 5.71. The summed E-state index contributed by atoms with van der Waals surface area (Å²) in [6, 6.07) is 9.06. The normalized spacial score (nSPS) is 22.3. The topological polar surface area (TPSA) is 23.5 Å². The Morgan fingerprint density at radius 3 is 2.93 bits per heavy atom. The summed E-state index contributed by atoms with van der Waals surface area (Å²) in [6.07, 6.45) is 2.08. The highest BCUT2D eigenvalue weighted by atomic mass is 16.3. The van der Waals surface area contributed by atoms with Crippen molar-refractivity contribution in [1.29, 1.82) is 0 Å². The molecule has 0 saturated heterocycles. The molecule has 0 aromatic heterocycles. The lowest BCUT2D eigenvalue weighted by Crippen LogP contribution is -2.41. The van der Waals surface area contributed by atoms with Gasteiger partial charge < -0.3 is 10.0 Å². The highest BCUT2D eigenvalue weighted by Crippen LogP contribution is 2.30. The van der Waals surface area contributed by atoms with Crippen LogP contribution in [-0.2, 0) is 6.42 Å². The molecule has 0 amide bonds. The second kappa shape index (κ2) is 4.23. The number of benzene rings is 1. The molecule has 1 aliphatic heterocycles. The van der Waals surface area contributed by atoms with Gasteiger partial charge in [0.1, 0.15) is 0 Å². The molecule has 0 aliphatic carbocycles. The van der Waals surface area contributed by atoms with E-state index >= 15 is 0 Å². The third-order valence-corrected chi connectivity index (χ3v) is 3.13. The Hall–Kier alpha value is -1.02. The van der Waals surface area contributed by atoms with Crippen molar-refractivity contribution < 1.29 is 5.11 Å². The van der Waals surface area contributed by atoms with Crippen LogP contribution in [0.1, 0.15) is 25.8 Å². The van der Waals surface area contributed by atoms with Crippen molar-refractivity contribution in [3.05, 3.63) is 29.8 Å². The van der Waals surface area contributed by atoms with Gasteiger partial charge in [-0.3, -0.25) is 0 Å². The summed E-state index contributed by atoms with van der Waals surface area (Å²) in [5.74, 6) is 0. The fourth-order valence-electron chi connectivity index (χ4n) is 2.32. The fraction of sp³-hybridized carbons (Fsp3) is 0.538. The van der Waals surface area contributed by atoms with Crippen molar-refractivity contribution in [2.75, 3.05) is 11.4 Å². The lowest BCUT2D eigenvalue weighted by Gasteiger charge is -2.37. The van der Waals surface area contributed by atoms with Crippen molar-refractivity contribution in [1.82, 2.24) is 0 Å². The maximum Gasteiger partial charge on any atom is 0.0687 e. The predicted molar refractivity (Wildman–Crippen MR) is 63.3 cm³/mol. The molecule has 2 rings (SSSR count). The zero-order valence-electron chi connectivity index (χ0n) is 9.48. The Balaban J connectivity index is 2.28. The maximum atomic E-state index is 9.51. The van der Waals surface area contributed by atoms with Gasteiger partial charge in [-0.1, -0.05) is 18.2 Å². The van der Waals surface area contributed by atoms with E-state index < -0.39 is 0 Å². The lowest BCUT2D eigenvalue weighted by molar-refractivity contribution is 0.196. The molecule has 1 aromatic rings. The van der Waals surface area contributed by atoms with Crippen LogP contribution in [0.3, 0.4) is 0 Å². The van der Waals surface area contributed by atoms with Gasteiger partial charge in [0.25, 0.3) is 0 Å². The van der Waals surface area contributed by atoms with E-state index in [-0.39, 0.29) is 6.10 Å². The highest BCUT2D eigenvalue weighted by Gasteiger charge is 2.23. The quantitative estimate of drug-likeness (QED) is 0.800. The minimum absolute atomic E-state index is 0.265. The average molecular weight is 205 g/mol. The second-order valence-electron chi connectivity index (χ2n) is 4.52. The molecule has 0 fully saturated rings. The van der Waals surface area contributed by atoms with Crippen LogP contribution in [-0.4, -0.2) is 23.8 Å². The van der Waals surface area contributed by atoms with Crippen LogP contribution in [0.15, 0.2) is 24.3 Å². The molecule has 1 aliphatic rings. The summed E-state index contributed by atoms with van der Waals surface area (Å²) in [7, 11) is 0. The first-order valence-electron chi connectivity index (χ1n) is 5.71. The molecule has 0 spiro atoms. The molecular weight excluding hydrogens is 186 g/mol. The number of aliphatic hydroxyl groups excluding tert-OH is 1. The molecular formula is C13H19NO. The van der Waals surface area contributed by atoms with Crippen LogP contribution in [0.4, 0.5) is 5.69 Å². The zero-order valence-corrected chi connectivity index (χ0v) is 9.48. The van der Waals surface area contributed by atoms with Crippen molar-refractivity contribution in [3.8, 4) is 0 Å². The first kappa shape index (κ1) is 10.5. The minimum Gasteiger partial charge on any atom is -0.392 e. The van der Waals surface area contributed by atoms with Crippen molar-refractivity contribution in [3.63, 3.8) is 0 Å². The molecule has 0 bridgehead atoms. The number of aryl methyl sites for hydroxylation is 1. The van der Waals surface area contributed by atoms with Crippen molar-refractivity contribution >= 4 is 5.69 Å². The average Bonchev–Trinajstić information content (AvgIpc) is 2.22. The maximum absolute atomic E-state index is 9.51. The number of β-amino-alcohol motifs (C(OH)–C–C–N with tert-alkyl or cyclic N) is 1. The third-order valence-electron chi connectivity index (χ3n) is 3.13. The van der Waals surface area contributed by atoms with E-state index in [9.17, 15) is 5.11 Å². The number of rotatable bonds is 2. The van der Waals surface area contributed by atoms with Crippen LogP contribution in [0, 0.1) is 0 Å². The Bertz CT molecular complexity index is 335. The van der Waals surface area contributed by atoms with Crippen molar-refractivity contribution in [2.45, 2.75) is 38.8 Å². The SMILES string of the molecule is CC(O)CN1c2ccccc2CCC1C. The molecule has 15 heavy (non-hydrogen) atoms. The standard InChI is InChI=1S/C13H19NO/c1-10-7-8-12-5-3-4-6-13(12)14(10)9-11(2)15/h3-6,10-11,15H,7-9H2,1-2H3.